The molecule has 88 valence electrons. The van der Waals surface area contributed by atoms with Gasteiger partial charge in [0.05, 0.1) is 11.3 Å². The van der Waals surface area contributed by atoms with Crippen LogP contribution in [0.25, 0.3) is 0 Å². The first-order valence-corrected chi connectivity index (χ1v) is 5.85. The first-order valence-electron chi connectivity index (χ1n) is 5.85. The Hall–Kier alpha value is -1.11. The summed E-state index contributed by atoms with van der Waals surface area (Å²) in [4.78, 5) is 4.74. The molecule has 1 aliphatic rings. The highest BCUT2D eigenvalue weighted by Gasteiger charge is 2.14. The molecular formula is C15H23N. The minimum absolute atomic E-state index is 0.0260. The number of hydrogen-bond donors (Lipinski definition) is 0. The topological polar surface area (TPSA) is 12.4 Å². The highest BCUT2D eigenvalue weighted by Crippen LogP contribution is 2.22. The number of rotatable bonds is 0. The molecule has 0 N–H and O–H groups in total. The zero-order chi connectivity index (χ0) is 12.4. The van der Waals surface area contributed by atoms with E-state index in [1.54, 1.807) is 0 Å². The van der Waals surface area contributed by atoms with E-state index < -0.39 is 0 Å². The van der Waals surface area contributed by atoms with Gasteiger partial charge in [0, 0.05) is 0 Å². The molecule has 0 atom stereocenters. The fourth-order valence-corrected chi connectivity index (χ4v) is 1.54. The second kappa shape index (κ2) is 4.40. The Morgan fingerprint density at radius 3 is 2.00 bits per heavy atom. The predicted octanol–water partition coefficient (Wildman–Crippen LogP) is 4.32. The van der Waals surface area contributed by atoms with Crippen LogP contribution in [0.2, 0.25) is 0 Å². The molecule has 1 rings (SSSR count). The zero-order valence-electron chi connectivity index (χ0n) is 11.3. The molecule has 0 saturated carbocycles. The van der Waals surface area contributed by atoms with Crippen LogP contribution in [0, 0.1) is 5.41 Å². The fraction of sp³-hybridized carbons (Fsp3) is 0.533. The van der Waals surface area contributed by atoms with Crippen molar-refractivity contribution in [2.24, 2.45) is 10.4 Å². The van der Waals surface area contributed by atoms with E-state index in [1.165, 1.54) is 5.57 Å². The molecule has 1 heteroatoms. The summed E-state index contributed by atoms with van der Waals surface area (Å²) in [6.45, 7) is 13.0. The van der Waals surface area contributed by atoms with Crippen molar-refractivity contribution in [2.75, 3.05) is 0 Å². The molecule has 0 saturated heterocycles. The molecule has 0 radical (unpaired) electrons. The summed E-state index contributed by atoms with van der Waals surface area (Å²) >= 11 is 0. The Balaban J connectivity index is 3.09. The van der Waals surface area contributed by atoms with E-state index in [9.17, 15) is 0 Å². The van der Waals surface area contributed by atoms with Crippen molar-refractivity contribution < 1.29 is 0 Å². The van der Waals surface area contributed by atoms with Crippen molar-refractivity contribution in [1.82, 2.24) is 0 Å². The van der Waals surface area contributed by atoms with Crippen molar-refractivity contribution >= 4 is 5.71 Å². The molecule has 0 heterocycles. The van der Waals surface area contributed by atoms with Gasteiger partial charge in [0.25, 0.3) is 0 Å². The summed E-state index contributed by atoms with van der Waals surface area (Å²) in [7, 11) is 0. The highest BCUT2D eigenvalue weighted by molar-refractivity contribution is 6.11. The molecule has 0 bridgehead atoms. The smallest absolute Gasteiger partial charge is 0.0650 e. The second-order valence-electron chi connectivity index (χ2n) is 6.35. The van der Waals surface area contributed by atoms with Gasteiger partial charge in [-0.2, -0.15) is 0 Å². The number of aliphatic imine (C=N–C) groups is 1. The Morgan fingerprint density at radius 2 is 1.50 bits per heavy atom. The molecule has 0 fully saturated rings. The minimum atomic E-state index is -0.0260. The van der Waals surface area contributed by atoms with E-state index in [4.69, 9.17) is 4.99 Å². The van der Waals surface area contributed by atoms with Crippen LogP contribution in [0.4, 0.5) is 0 Å². The number of nitrogens with zero attached hydrogens (tertiary/aromatic N) is 1. The summed E-state index contributed by atoms with van der Waals surface area (Å²) < 4.78 is 0. The third-order valence-electron chi connectivity index (χ3n) is 1.98. The van der Waals surface area contributed by atoms with Gasteiger partial charge in [-0.05, 0) is 37.8 Å². The lowest BCUT2D eigenvalue weighted by Crippen LogP contribution is -2.16. The van der Waals surface area contributed by atoms with Gasteiger partial charge in [-0.1, -0.05) is 45.1 Å². The largest absolute Gasteiger partial charge is 0.279 e. The van der Waals surface area contributed by atoms with Gasteiger partial charge in [0.1, 0.15) is 0 Å². The van der Waals surface area contributed by atoms with Crippen LogP contribution in [0.5, 0.6) is 0 Å². The average Bonchev–Trinajstić information content (AvgIpc) is 2.03. The summed E-state index contributed by atoms with van der Waals surface area (Å²) in [5, 5.41) is 0. The van der Waals surface area contributed by atoms with E-state index in [1.807, 2.05) is 6.08 Å². The lowest BCUT2D eigenvalue weighted by Gasteiger charge is -2.19. The monoisotopic (exact) mass is 217 g/mol. The third-order valence-corrected chi connectivity index (χ3v) is 1.98. The number of hydrogen-bond acceptors (Lipinski definition) is 1. The van der Waals surface area contributed by atoms with Crippen molar-refractivity contribution in [3.63, 3.8) is 0 Å². The van der Waals surface area contributed by atoms with Gasteiger partial charge in [-0.25, -0.2) is 0 Å². The van der Waals surface area contributed by atoms with Crippen molar-refractivity contribution in [2.45, 2.75) is 47.1 Å². The van der Waals surface area contributed by atoms with Gasteiger partial charge in [0.15, 0.2) is 0 Å². The summed E-state index contributed by atoms with van der Waals surface area (Å²) in [6, 6.07) is 0. The lowest BCUT2D eigenvalue weighted by atomic mass is 9.90. The van der Waals surface area contributed by atoms with Gasteiger partial charge in [-0.3, -0.25) is 4.99 Å². The molecule has 1 aliphatic carbocycles. The highest BCUT2D eigenvalue weighted by atomic mass is 14.8. The molecule has 0 spiro atoms. The van der Waals surface area contributed by atoms with Gasteiger partial charge >= 0.3 is 0 Å². The fourth-order valence-electron chi connectivity index (χ4n) is 1.54. The van der Waals surface area contributed by atoms with E-state index in [0.717, 1.165) is 5.71 Å². The molecule has 16 heavy (non-hydrogen) atoms. The number of allylic oxidation sites excluding steroid dienone is 6. The zero-order valence-corrected chi connectivity index (χ0v) is 11.3. The van der Waals surface area contributed by atoms with E-state index in [-0.39, 0.29) is 11.0 Å². The molecule has 0 aromatic rings. The van der Waals surface area contributed by atoms with Crippen LogP contribution in [-0.2, 0) is 0 Å². The molecular weight excluding hydrogens is 194 g/mol. The summed E-state index contributed by atoms with van der Waals surface area (Å²) in [6.07, 6.45) is 10.6. The maximum Gasteiger partial charge on any atom is 0.0650 e. The second-order valence-corrected chi connectivity index (χ2v) is 6.35. The Morgan fingerprint density at radius 1 is 0.938 bits per heavy atom. The third kappa shape index (κ3) is 4.61. The molecule has 1 nitrogen and oxygen atoms in total. The molecule has 0 amide bonds. The van der Waals surface area contributed by atoms with E-state index in [0.29, 0.717) is 0 Å². The van der Waals surface area contributed by atoms with Crippen molar-refractivity contribution in [3.05, 3.63) is 36.0 Å². The van der Waals surface area contributed by atoms with E-state index in [2.05, 4.69) is 65.8 Å². The maximum absolute atomic E-state index is 4.74. The standard InChI is InChI=1S/C15H23N/c1-14(2,3)11-12-9-7-8-10-13(12)16-15(4,5)6/h7-11H,1-6H3/b12-11-,16-13?. The summed E-state index contributed by atoms with van der Waals surface area (Å²) in [5.41, 5.74) is 2.47. The summed E-state index contributed by atoms with van der Waals surface area (Å²) in [5.74, 6) is 0. The van der Waals surface area contributed by atoms with Crippen LogP contribution >= 0.6 is 0 Å². The molecule has 0 aromatic heterocycles. The Kier molecular flexibility index (Phi) is 3.57. The predicted molar refractivity (Wildman–Crippen MR) is 73.0 cm³/mol. The van der Waals surface area contributed by atoms with Crippen LogP contribution < -0.4 is 0 Å². The quantitative estimate of drug-likeness (QED) is 0.573. The van der Waals surface area contributed by atoms with Gasteiger partial charge < -0.3 is 0 Å². The molecule has 0 aromatic carbocycles. The van der Waals surface area contributed by atoms with Crippen LogP contribution in [-0.4, -0.2) is 11.3 Å². The lowest BCUT2D eigenvalue weighted by molar-refractivity contribution is 0.542. The van der Waals surface area contributed by atoms with Crippen molar-refractivity contribution in [3.8, 4) is 0 Å². The van der Waals surface area contributed by atoms with Gasteiger partial charge in [0.2, 0.25) is 0 Å². The Bertz CT molecular complexity index is 327. The maximum atomic E-state index is 4.74. The molecule has 0 aliphatic heterocycles. The van der Waals surface area contributed by atoms with Gasteiger partial charge in [-0.15, -0.1) is 0 Å². The molecule has 0 unspecified atom stereocenters. The van der Waals surface area contributed by atoms with Crippen LogP contribution in [0.3, 0.4) is 0 Å². The first-order chi connectivity index (χ1) is 7.17. The van der Waals surface area contributed by atoms with E-state index >= 15 is 0 Å². The minimum Gasteiger partial charge on any atom is -0.279 e. The normalized spacial score (nSPS) is 22.1. The SMILES string of the molecule is CC(C)(C)/C=C1/C=CC=CC1=NC(C)(C)C. The first kappa shape index (κ1) is 13.0. The van der Waals surface area contributed by atoms with Crippen LogP contribution in [0.1, 0.15) is 41.5 Å². The average molecular weight is 217 g/mol. The van der Waals surface area contributed by atoms with Crippen molar-refractivity contribution in [1.29, 1.82) is 0 Å². The Labute approximate surface area is 99.7 Å². The van der Waals surface area contributed by atoms with Crippen LogP contribution in [0.15, 0.2) is 40.9 Å².